The lowest BCUT2D eigenvalue weighted by atomic mass is 10.1. The number of unbranched alkanes of at least 4 members (excludes halogenated alkanes) is 12. The van der Waals surface area contributed by atoms with Crippen LogP contribution >= 0.6 is 0 Å². The van der Waals surface area contributed by atoms with E-state index in [1.807, 2.05) is 0 Å². The number of aliphatic imine (C=N–C) groups is 2. The molecule has 3 aromatic carbocycles. The van der Waals surface area contributed by atoms with Gasteiger partial charge in [-0.05, 0) is 31.7 Å². The standard InChI is InChI=1S/C44H66N4O6/c1-5-9-13-17-21-51-41-26-35(45)37(28-43(41)53-23-19-15-11-7-3)47-31-33-25-34(40(50)30-39(33)49)32-48-38-29-44(54-24-20-16-12-8-4)42(27-36(38)46)52-22-18-14-10-6-2/h25-32,49-50H,5-24,45-46H2,1-4H3. The lowest BCUT2D eigenvalue weighted by Gasteiger charge is -2.15. The minimum absolute atomic E-state index is 0.148. The van der Waals surface area contributed by atoms with Crippen molar-refractivity contribution in [2.75, 3.05) is 37.9 Å². The zero-order valence-electron chi connectivity index (χ0n) is 33.3. The lowest BCUT2D eigenvalue weighted by Crippen LogP contribution is -2.04. The molecule has 0 aliphatic heterocycles. The van der Waals surface area contributed by atoms with Crippen LogP contribution in [-0.2, 0) is 0 Å². The van der Waals surface area contributed by atoms with Gasteiger partial charge in [0.1, 0.15) is 11.5 Å². The molecule has 0 radical (unpaired) electrons. The van der Waals surface area contributed by atoms with Gasteiger partial charge >= 0.3 is 0 Å². The average Bonchev–Trinajstić information content (AvgIpc) is 3.15. The lowest BCUT2D eigenvalue weighted by molar-refractivity contribution is 0.259. The monoisotopic (exact) mass is 746 g/mol. The highest BCUT2D eigenvalue weighted by Crippen LogP contribution is 2.39. The summed E-state index contributed by atoms with van der Waals surface area (Å²) < 4.78 is 24.5. The number of anilines is 2. The molecule has 0 unspecified atom stereocenters. The second-order valence-corrected chi connectivity index (χ2v) is 13.8. The van der Waals surface area contributed by atoms with Crippen molar-refractivity contribution in [3.05, 3.63) is 47.5 Å². The van der Waals surface area contributed by atoms with Crippen LogP contribution in [0, 0.1) is 0 Å². The van der Waals surface area contributed by atoms with Crippen LogP contribution in [0.4, 0.5) is 22.7 Å². The van der Waals surface area contributed by atoms with Gasteiger partial charge in [-0.15, -0.1) is 0 Å². The van der Waals surface area contributed by atoms with Crippen molar-refractivity contribution in [2.24, 2.45) is 9.98 Å². The fourth-order valence-electron chi connectivity index (χ4n) is 5.75. The number of nitrogens with two attached hydrogens (primary N) is 2. The van der Waals surface area contributed by atoms with Crippen molar-refractivity contribution >= 4 is 35.2 Å². The Kier molecular flexibility index (Phi) is 20.6. The maximum absolute atomic E-state index is 10.7. The highest BCUT2D eigenvalue weighted by Gasteiger charge is 2.14. The zero-order valence-corrected chi connectivity index (χ0v) is 33.3. The Balaban J connectivity index is 1.84. The number of hydrogen-bond acceptors (Lipinski definition) is 10. The molecule has 0 saturated carbocycles. The molecular formula is C44H66N4O6. The third-order valence-corrected chi connectivity index (χ3v) is 9.07. The molecule has 0 saturated heterocycles. The minimum atomic E-state index is -0.148. The molecule has 3 aromatic rings. The molecule has 0 bridgehead atoms. The fourth-order valence-corrected chi connectivity index (χ4v) is 5.75. The van der Waals surface area contributed by atoms with Crippen molar-refractivity contribution in [1.29, 1.82) is 0 Å². The predicted octanol–water partition coefficient (Wildman–Crippen LogP) is 11.6. The summed E-state index contributed by atoms with van der Waals surface area (Å²) in [5.74, 6) is 2.07. The molecule has 10 nitrogen and oxygen atoms in total. The van der Waals surface area contributed by atoms with Crippen LogP contribution in [0.1, 0.15) is 142 Å². The Labute approximate surface area is 324 Å². The van der Waals surface area contributed by atoms with Gasteiger partial charge in [-0.25, -0.2) is 0 Å². The second-order valence-electron chi connectivity index (χ2n) is 13.8. The smallest absolute Gasteiger partial charge is 0.163 e. The summed E-state index contributed by atoms with van der Waals surface area (Å²) in [7, 11) is 0. The van der Waals surface area contributed by atoms with Crippen LogP contribution in [0.15, 0.2) is 46.4 Å². The summed E-state index contributed by atoms with van der Waals surface area (Å²) in [6.07, 6.45) is 20.4. The van der Waals surface area contributed by atoms with Crippen molar-refractivity contribution in [3.63, 3.8) is 0 Å². The molecule has 6 N–H and O–H groups in total. The van der Waals surface area contributed by atoms with Crippen molar-refractivity contribution < 1.29 is 29.2 Å². The first-order valence-electron chi connectivity index (χ1n) is 20.3. The van der Waals surface area contributed by atoms with E-state index in [0.29, 0.717) is 83.3 Å². The van der Waals surface area contributed by atoms with Crippen molar-refractivity contribution in [2.45, 2.75) is 130 Å². The number of benzene rings is 3. The molecule has 3 rings (SSSR count). The number of phenolic OH excluding ortho intramolecular Hbond substituents is 2. The first kappa shape index (κ1) is 43.8. The number of nitrogen functional groups attached to an aromatic ring is 2. The third-order valence-electron chi connectivity index (χ3n) is 9.07. The Morgan fingerprint density at radius 1 is 0.444 bits per heavy atom. The molecule has 0 fully saturated rings. The van der Waals surface area contributed by atoms with E-state index in [1.165, 1.54) is 31.3 Å². The summed E-state index contributed by atoms with van der Waals surface area (Å²) in [6.45, 7) is 11.0. The zero-order chi connectivity index (χ0) is 39.0. The molecule has 0 aliphatic rings. The predicted molar refractivity (Wildman–Crippen MR) is 225 cm³/mol. The van der Waals surface area contributed by atoms with E-state index >= 15 is 0 Å². The second kappa shape index (κ2) is 25.4. The molecule has 54 heavy (non-hydrogen) atoms. The van der Waals surface area contributed by atoms with E-state index in [0.717, 1.165) is 89.9 Å². The van der Waals surface area contributed by atoms with E-state index < -0.39 is 0 Å². The van der Waals surface area contributed by atoms with Gasteiger partial charge in [0.05, 0.1) is 49.2 Å². The summed E-state index contributed by atoms with van der Waals surface area (Å²) in [6, 6.07) is 9.91. The van der Waals surface area contributed by atoms with Gasteiger partial charge in [0, 0.05) is 53.9 Å². The molecule has 298 valence electrons. The highest BCUT2D eigenvalue weighted by molar-refractivity contribution is 5.94. The average molecular weight is 747 g/mol. The summed E-state index contributed by atoms with van der Waals surface area (Å²) in [5.41, 5.74) is 15.4. The van der Waals surface area contributed by atoms with E-state index in [9.17, 15) is 10.2 Å². The minimum Gasteiger partial charge on any atom is -0.507 e. The van der Waals surface area contributed by atoms with E-state index in [4.69, 9.17) is 30.4 Å². The van der Waals surface area contributed by atoms with Gasteiger partial charge < -0.3 is 40.6 Å². The summed E-state index contributed by atoms with van der Waals surface area (Å²) in [5, 5.41) is 21.5. The van der Waals surface area contributed by atoms with E-state index in [1.54, 1.807) is 30.3 Å². The topological polar surface area (TPSA) is 154 Å². The van der Waals surface area contributed by atoms with E-state index in [-0.39, 0.29) is 11.5 Å². The molecule has 0 atom stereocenters. The number of ether oxygens (including phenoxy) is 4. The molecule has 10 heteroatoms. The van der Waals surface area contributed by atoms with Gasteiger partial charge in [-0.1, -0.05) is 105 Å². The number of rotatable bonds is 28. The Bertz CT molecular complexity index is 1480. The normalized spacial score (nSPS) is 11.5. The highest BCUT2D eigenvalue weighted by atomic mass is 16.5. The molecule has 0 aliphatic carbocycles. The van der Waals surface area contributed by atoms with Crippen molar-refractivity contribution in [1.82, 2.24) is 0 Å². The maximum atomic E-state index is 10.7. The van der Waals surface area contributed by atoms with Gasteiger partial charge in [-0.3, -0.25) is 9.98 Å². The molecule has 0 spiro atoms. The summed E-state index contributed by atoms with van der Waals surface area (Å²) >= 11 is 0. The first-order valence-corrected chi connectivity index (χ1v) is 20.3. The largest absolute Gasteiger partial charge is 0.507 e. The van der Waals surface area contributed by atoms with Gasteiger partial charge in [-0.2, -0.15) is 0 Å². The summed E-state index contributed by atoms with van der Waals surface area (Å²) in [4.78, 5) is 9.21. The number of nitrogens with zero attached hydrogens (tertiary/aromatic N) is 2. The van der Waals surface area contributed by atoms with Gasteiger partial charge in [0.25, 0.3) is 0 Å². The van der Waals surface area contributed by atoms with Crippen LogP contribution in [0.5, 0.6) is 34.5 Å². The number of hydrogen-bond donors (Lipinski definition) is 4. The van der Waals surface area contributed by atoms with Crippen LogP contribution in [-0.4, -0.2) is 49.1 Å². The first-order chi connectivity index (χ1) is 26.3. The Morgan fingerprint density at radius 3 is 1.07 bits per heavy atom. The molecular weight excluding hydrogens is 681 g/mol. The Hall–Kier alpha value is -4.60. The SMILES string of the molecule is CCCCCCOc1cc(N)c(N=Cc2cc(C=Nc3cc(OCCCCCC)c(OCCCCCC)cc3N)c(O)cc2O)cc1OCCCCCC. The maximum Gasteiger partial charge on any atom is 0.163 e. The number of aromatic hydroxyl groups is 2. The quantitative estimate of drug-likeness (QED) is 0.0325. The van der Waals surface area contributed by atoms with Crippen molar-refractivity contribution in [3.8, 4) is 34.5 Å². The van der Waals surface area contributed by atoms with Crippen LogP contribution in [0.25, 0.3) is 0 Å². The Morgan fingerprint density at radius 2 is 0.759 bits per heavy atom. The van der Waals surface area contributed by atoms with Crippen LogP contribution < -0.4 is 30.4 Å². The van der Waals surface area contributed by atoms with Gasteiger partial charge in [0.15, 0.2) is 23.0 Å². The fraction of sp³-hybridized carbons (Fsp3) is 0.545. The van der Waals surface area contributed by atoms with E-state index in [2.05, 4.69) is 37.7 Å². The van der Waals surface area contributed by atoms with Crippen LogP contribution in [0.2, 0.25) is 0 Å². The molecule has 0 heterocycles. The number of phenols is 2. The van der Waals surface area contributed by atoms with Crippen LogP contribution in [0.3, 0.4) is 0 Å². The van der Waals surface area contributed by atoms with Gasteiger partial charge in [0.2, 0.25) is 0 Å². The molecule has 0 amide bonds. The molecule has 0 aromatic heterocycles. The third kappa shape index (κ3) is 15.4.